The van der Waals surface area contributed by atoms with Gasteiger partial charge in [0.2, 0.25) is 0 Å². The van der Waals surface area contributed by atoms with E-state index in [1.54, 1.807) is 24.3 Å². The van der Waals surface area contributed by atoms with Crippen molar-refractivity contribution in [2.45, 2.75) is 18.7 Å². The molecule has 0 bridgehead atoms. The van der Waals surface area contributed by atoms with Crippen molar-refractivity contribution in [3.05, 3.63) is 70.2 Å². The first-order valence-electron chi connectivity index (χ1n) is 5.87. The van der Waals surface area contributed by atoms with Gasteiger partial charge in [0.1, 0.15) is 5.60 Å². The zero-order valence-electron chi connectivity index (χ0n) is 10.6. The first-order chi connectivity index (χ1) is 9.21. The van der Waals surface area contributed by atoms with E-state index in [4.69, 9.17) is 11.6 Å². The van der Waals surface area contributed by atoms with Crippen LogP contribution >= 0.6 is 11.6 Å². The summed E-state index contributed by atoms with van der Waals surface area (Å²) in [4.78, 5) is 0. The largest absolute Gasteiger partial charge is 0.416 e. The molecule has 0 saturated heterocycles. The van der Waals surface area contributed by atoms with E-state index in [1.807, 2.05) is 0 Å². The summed E-state index contributed by atoms with van der Waals surface area (Å²) in [6.07, 6.45) is -4.38. The maximum absolute atomic E-state index is 12.5. The lowest BCUT2D eigenvalue weighted by Crippen LogP contribution is -2.22. The number of benzene rings is 2. The molecular formula is C15H12ClF3O. The third-order valence-electron chi connectivity index (χ3n) is 3.18. The number of hydrogen-bond donors (Lipinski definition) is 1. The summed E-state index contributed by atoms with van der Waals surface area (Å²) in [6, 6.07) is 11.0. The van der Waals surface area contributed by atoms with Gasteiger partial charge in [0.25, 0.3) is 0 Å². The first-order valence-corrected chi connectivity index (χ1v) is 6.25. The zero-order chi connectivity index (χ0) is 15.0. The first kappa shape index (κ1) is 14.9. The molecule has 0 amide bonds. The summed E-state index contributed by atoms with van der Waals surface area (Å²) in [5.74, 6) is 0. The molecule has 1 unspecified atom stereocenters. The molecule has 0 aliphatic heterocycles. The van der Waals surface area contributed by atoms with Gasteiger partial charge in [0.05, 0.1) is 5.56 Å². The molecule has 0 aliphatic rings. The van der Waals surface area contributed by atoms with Crippen molar-refractivity contribution >= 4 is 11.6 Å². The van der Waals surface area contributed by atoms with Gasteiger partial charge in [-0.3, -0.25) is 0 Å². The molecule has 0 aliphatic carbocycles. The normalized spacial score (nSPS) is 14.9. The van der Waals surface area contributed by atoms with E-state index in [0.29, 0.717) is 16.1 Å². The highest BCUT2D eigenvalue weighted by Gasteiger charge is 2.31. The second kappa shape index (κ2) is 5.11. The van der Waals surface area contributed by atoms with Crippen LogP contribution < -0.4 is 0 Å². The van der Waals surface area contributed by atoms with Gasteiger partial charge >= 0.3 is 6.18 Å². The van der Waals surface area contributed by atoms with Crippen molar-refractivity contribution in [2.75, 3.05) is 0 Å². The maximum Gasteiger partial charge on any atom is 0.416 e. The molecule has 2 rings (SSSR count). The zero-order valence-corrected chi connectivity index (χ0v) is 11.3. The molecule has 0 spiro atoms. The lowest BCUT2D eigenvalue weighted by atomic mass is 9.88. The minimum absolute atomic E-state index is 0.382. The van der Waals surface area contributed by atoms with Crippen molar-refractivity contribution in [1.82, 2.24) is 0 Å². The number of alkyl halides is 3. The lowest BCUT2D eigenvalue weighted by Gasteiger charge is -2.25. The Kier molecular flexibility index (Phi) is 3.80. The molecule has 0 fully saturated rings. The molecule has 2 aromatic carbocycles. The molecular weight excluding hydrogens is 289 g/mol. The maximum atomic E-state index is 12.5. The Bertz CT molecular complexity index is 586. The Morgan fingerprint density at radius 1 is 0.800 bits per heavy atom. The minimum Gasteiger partial charge on any atom is -0.381 e. The van der Waals surface area contributed by atoms with Crippen molar-refractivity contribution in [1.29, 1.82) is 0 Å². The summed E-state index contributed by atoms with van der Waals surface area (Å²) in [5, 5.41) is 11.0. The van der Waals surface area contributed by atoms with E-state index in [-0.39, 0.29) is 0 Å². The van der Waals surface area contributed by atoms with Gasteiger partial charge in [-0.1, -0.05) is 35.9 Å². The van der Waals surface area contributed by atoms with Crippen molar-refractivity contribution in [2.24, 2.45) is 0 Å². The van der Waals surface area contributed by atoms with Crippen LogP contribution in [0, 0.1) is 0 Å². The molecule has 1 atom stereocenters. The van der Waals surface area contributed by atoms with Crippen molar-refractivity contribution < 1.29 is 18.3 Å². The highest BCUT2D eigenvalue weighted by molar-refractivity contribution is 6.30. The van der Waals surface area contributed by atoms with E-state index in [2.05, 4.69) is 0 Å². The molecule has 106 valence electrons. The second-order valence-corrected chi connectivity index (χ2v) is 5.09. The third-order valence-corrected chi connectivity index (χ3v) is 3.43. The van der Waals surface area contributed by atoms with Gasteiger partial charge in [-0.15, -0.1) is 0 Å². The molecule has 0 heterocycles. The van der Waals surface area contributed by atoms with E-state index in [0.717, 1.165) is 12.1 Å². The average Bonchev–Trinajstić information content (AvgIpc) is 2.38. The molecule has 2 aromatic rings. The van der Waals surface area contributed by atoms with Crippen LogP contribution in [0.4, 0.5) is 13.2 Å². The van der Waals surface area contributed by atoms with Gasteiger partial charge in [-0.05, 0) is 42.3 Å². The van der Waals surface area contributed by atoms with E-state index in [1.165, 1.54) is 19.1 Å². The van der Waals surface area contributed by atoms with Gasteiger partial charge < -0.3 is 5.11 Å². The Balaban J connectivity index is 2.37. The molecule has 5 heteroatoms. The molecule has 1 nitrogen and oxygen atoms in total. The Labute approximate surface area is 119 Å². The van der Waals surface area contributed by atoms with Crippen LogP contribution in [0.5, 0.6) is 0 Å². The molecule has 1 N–H and O–H groups in total. The molecule has 20 heavy (non-hydrogen) atoms. The summed E-state index contributed by atoms with van der Waals surface area (Å²) in [5.41, 5.74) is -1.18. The van der Waals surface area contributed by atoms with E-state index >= 15 is 0 Å². The van der Waals surface area contributed by atoms with Crippen LogP contribution in [0.25, 0.3) is 0 Å². The number of rotatable bonds is 2. The molecule has 0 radical (unpaired) electrons. The van der Waals surface area contributed by atoms with E-state index in [9.17, 15) is 18.3 Å². The highest BCUT2D eigenvalue weighted by atomic mass is 35.5. The summed E-state index contributed by atoms with van der Waals surface area (Å²) < 4.78 is 37.5. The van der Waals surface area contributed by atoms with Crippen LogP contribution in [0.2, 0.25) is 5.02 Å². The van der Waals surface area contributed by atoms with Crippen LogP contribution in [0.3, 0.4) is 0 Å². The van der Waals surface area contributed by atoms with Crippen LogP contribution in [-0.4, -0.2) is 5.11 Å². The molecule has 0 aromatic heterocycles. The summed E-state index contributed by atoms with van der Waals surface area (Å²) >= 11 is 5.77. The average molecular weight is 301 g/mol. The van der Waals surface area contributed by atoms with Gasteiger partial charge in [0, 0.05) is 5.02 Å². The lowest BCUT2D eigenvalue weighted by molar-refractivity contribution is -0.137. The predicted molar refractivity (Wildman–Crippen MR) is 71.6 cm³/mol. The minimum atomic E-state index is -4.38. The fourth-order valence-corrected chi connectivity index (χ4v) is 2.05. The fraction of sp³-hybridized carbons (Fsp3) is 0.200. The fourth-order valence-electron chi connectivity index (χ4n) is 1.92. The van der Waals surface area contributed by atoms with Crippen molar-refractivity contribution in [3.63, 3.8) is 0 Å². The topological polar surface area (TPSA) is 20.2 Å². The SMILES string of the molecule is CC(O)(c1ccc(Cl)cc1)c1ccc(C(F)(F)F)cc1. The Morgan fingerprint density at radius 2 is 1.15 bits per heavy atom. The monoisotopic (exact) mass is 300 g/mol. The number of hydrogen-bond acceptors (Lipinski definition) is 1. The number of halogens is 4. The third kappa shape index (κ3) is 2.97. The van der Waals surface area contributed by atoms with Crippen LogP contribution in [-0.2, 0) is 11.8 Å². The van der Waals surface area contributed by atoms with Gasteiger partial charge in [0.15, 0.2) is 0 Å². The van der Waals surface area contributed by atoms with Crippen molar-refractivity contribution in [3.8, 4) is 0 Å². The predicted octanol–water partition coefficient (Wildman–Crippen LogP) is 4.61. The van der Waals surface area contributed by atoms with Gasteiger partial charge in [-0.2, -0.15) is 13.2 Å². The quantitative estimate of drug-likeness (QED) is 0.858. The summed E-state index contributed by atoms with van der Waals surface area (Å²) in [7, 11) is 0. The molecule has 0 saturated carbocycles. The smallest absolute Gasteiger partial charge is 0.381 e. The van der Waals surface area contributed by atoms with Crippen LogP contribution in [0.15, 0.2) is 48.5 Å². The standard InChI is InChI=1S/C15H12ClF3O/c1-14(20,11-6-8-13(16)9-7-11)10-2-4-12(5-3-10)15(17,18)19/h2-9,20H,1H3. The Hall–Kier alpha value is -1.52. The Morgan fingerprint density at radius 3 is 1.55 bits per heavy atom. The summed E-state index contributed by atoms with van der Waals surface area (Å²) in [6.45, 7) is 1.53. The van der Waals surface area contributed by atoms with Crippen LogP contribution in [0.1, 0.15) is 23.6 Å². The van der Waals surface area contributed by atoms with E-state index < -0.39 is 17.3 Å². The second-order valence-electron chi connectivity index (χ2n) is 4.65. The number of aliphatic hydroxyl groups is 1. The highest BCUT2D eigenvalue weighted by Crippen LogP contribution is 2.33. The van der Waals surface area contributed by atoms with Gasteiger partial charge in [-0.25, -0.2) is 0 Å².